The predicted octanol–water partition coefficient (Wildman–Crippen LogP) is 3.21. The molecule has 3 N–H and O–H groups in total. The summed E-state index contributed by atoms with van der Waals surface area (Å²) in [4.78, 5) is 28.3. The maximum absolute atomic E-state index is 12.1. The van der Waals surface area contributed by atoms with Gasteiger partial charge in [0, 0.05) is 16.6 Å². The highest BCUT2D eigenvalue weighted by Gasteiger charge is 2.18. The number of thiazole rings is 1. The minimum atomic E-state index is -4.11. The Morgan fingerprint density at radius 2 is 2.00 bits per heavy atom. The van der Waals surface area contributed by atoms with Gasteiger partial charge in [0.05, 0.1) is 21.3 Å². The quantitative estimate of drug-likeness (QED) is 0.538. The van der Waals surface area contributed by atoms with Crippen molar-refractivity contribution in [3.63, 3.8) is 0 Å². The fourth-order valence-corrected chi connectivity index (χ4v) is 4.21. The summed E-state index contributed by atoms with van der Waals surface area (Å²) >= 11 is 7.30. The number of nitrogens with one attached hydrogen (secondary N) is 1. The van der Waals surface area contributed by atoms with Gasteiger partial charge in [-0.2, -0.15) is 0 Å². The fourth-order valence-electron chi connectivity index (χ4n) is 2.51. The summed E-state index contributed by atoms with van der Waals surface area (Å²) in [6, 6.07) is 10.6. The lowest BCUT2D eigenvalue weighted by Gasteiger charge is -2.09. The number of benzene rings is 2. The predicted molar refractivity (Wildman–Crippen MR) is 114 cm³/mol. The summed E-state index contributed by atoms with van der Waals surface area (Å²) in [6.07, 6.45) is 0. The minimum Gasteiger partial charge on any atom is -0.452 e. The van der Waals surface area contributed by atoms with Crippen LogP contribution in [0.4, 0.5) is 5.69 Å². The molecular formula is C19H16ClN3O5S2. The number of esters is 1. The lowest BCUT2D eigenvalue weighted by atomic mass is 10.1. The second kappa shape index (κ2) is 8.92. The van der Waals surface area contributed by atoms with Crippen molar-refractivity contribution < 1.29 is 22.7 Å². The van der Waals surface area contributed by atoms with Gasteiger partial charge in [-0.15, -0.1) is 11.3 Å². The molecule has 1 aromatic heterocycles. The Morgan fingerprint density at radius 1 is 1.23 bits per heavy atom. The lowest BCUT2D eigenvalue weighted by Crippen LogP contribution is -2.21. The van der Waals surface area contributed by atoms with Crippen LogP contribution in [0.3, 0.4) is 0 Å². The molecule has 0 unspecified atom stereocenters. The minimum absolute atomic E-state index is 0.0999. The number of anilines is 1. The van der Waals surface area contributed by atoms with Gasteiger partial charge in [0.2, 0.25) is 10.0 Å². The molecule has 1 heterocycles. The van der Waals surface area contributed by atoms with Crippen molar-refractivity contribution in [1.82, 2.24) is 4.98 Å². The van der Waals surface area contributed by atoms with Crippen LogP contribution < -0.4 is 10.5 Å². The molecule has 0 saturated heterocycles. The second-order valence-electron chi connectivity index (χ2n) is 6.15. The molecule has 1 amide bonds. The lowest BCUT2D eigenvalue weighted by molar-refractivity contribution is -0.119. The van der Waals surface area contributed by atoms with E-state index in [2.05, 4.69) is 10.3 Å². The van der Waals surface area contributed by atoms with Crippen LogP contribution in [0.1, 0.15) is 15.4 Å². The molecule has 0 aliphatic carbocycles. The number of rotatable bonds is 6. The van der Waals surface area contributed by atoms with Crippen molar-refractivity contribution in [2.75, 3.05) is 11.9 Å². The first-order chi connectivity index (χ1) is 14.1. The molecule has 0 bridgehead atoms. The van der Waals surface area contributed by atoms with Crippen molar-refractivity contribution in [3.8, 4) is 11.3 Å². The van der Waals surface area contributed by atoms with Crippen LogP contribution in [-0.2, 0) is 19.6 Å². The fraction of sp³-hybridized carbons (Fsp3) is 0.105. The average molecular weight is 466 g/mol. The van der Waals surface area contributed by atoms with E-state index in [0.29, 0.717) is 5.69 Å². The third-order valence-electron chi connectivity index (χ3n) is 3.87. The van der Waals surface area contributed by atoms with Crippen molar-refractivity contribution in [2.45, 2.75) is 11.8 Å². The molecule has 0 radical (unpaired) electrons. The number of carbonyl (C=O) groups excluding carboxylic acids is 2. The number of primary sulfonamides is 1. The van der Waals surface area contributed by atoms with Crippen LogP contribution in [0.25, 0.3) is 11.3 Å². The van der Waals surface area contributed by atoms with E-state index in [-0.39, 0.29) is 10.6 Å². The highest BCUT2D eigenvalue weighted by atomic mass is 35.5. The summed E-state index contributed by atoms with van der Waals surface area (Å²) in [5.41, 5.74) is 2.05. The van der Waals surface area contributed by atoms with E-state index in [0.717, 1.165) is 22.3 Å². The number of amides is 1. The number of nitrogens with zero attached hydrogens (tertiary/aromatic N) is 1. The standard InChI is InChI=1S/C19H16ClN3O5S2/c1-11-22-16(10-29-11)12-3-2-4-14(7-12)23-18(24)9-28-19(25)13-5-6-15(20)17(8-13)30(21,26)27/h2-8,10H,9H2,1H3,(H,23,24)(H2,21,26,27). The Labute approximate surface area is 181 Å². The van der Waals surface area contributed by atoms with Crippen LogP contribution in [-0.4, -0.2) is 31.9 Å². The molecule has 11 heteroatoms. The number of halogens is 1. The number of hydrogen-bond acceptors (Lipinski definition) is 7. The molecule has 0 saturated carbocycles. The van der Waals surface area contributed by atoms with E-state index in [4.69, 9.17) is 21.5 Å². The molecule has 3 rings (SSSR count). The zero-order valence-corrected chi connectivity index (χ0v) is 18.0. The van der Waals surface area contributed by atoms with E-state index >= 15 is 0 Å². The van der Waals surface area contributed by atoms with Gasteiger partial charge < -0.3 is 10.1 Å². The largest absolute Gasteiger partial charge is 0.452 e. The SMILES string of the molecule is Cc1nc(-c2cccc(NC(=O)COC(=O)c3ccc(Cl)c(S(N)(=O)=O)c3)c2)cs1. The topological polar surface area (TPSA) is 128 Å². The summed E-state index contributed by atoms with van der Waals surface area (Å²) < 4.78 is 28.0. The number of aryl methyl sites for hydroxylation is 1. The first kappa shape index (κ1) is 21.9. The summed E-state index contributed by atoms with van der Waals surface area (Å²) in [7, 11) is -4.11. The Kier molecular flexibility index (Phi) is 6.52. The van der Waals surface area contributed by atoms with Crippen LogP contribution in [0, 0.1) is 6.92 Å². The van der Waals surface area contributed by atoms with E-state index in [1.54, 1.807) is 18.2 Å². The number of ether oxygens (including phenoxy) is 1. The molecule has 0 fully saturated rings. The molecular weight excluding hydrogens is 450 g/mol. The van der Waals surface area contributed by atoms with Gasteiger partial charge in [-0.05, 0) is 37.3 Å². The van der Waals surface area contributed by atoms with E-state index in [9.17, 15) is 18.0 Å². The van der Waals surface area contributed by atoms with Gasteiger partial charge in [-0.3, -0.25) is 4.79 Å². The number of carbonyl (C=O) groups is 2. The highest BCUT2D eigenvalue weighted by Crippen LogP contribution is 2.24. The Balaban J connectivity index is 1.63. The number of hydrogen-bond donors (Lipinski definition) is 2. The van der Waals surface area contributed by atoms with Crippen molar-refractivity contribution >= 4 is 50.5 Å². The summed E-state index contributed by atoms with van der Waals surface area (Å²) in [6.45, 7) is 1.34. The van der Waals surface area contributed by atoms with Crippen LogP contribution in [0.5, 0.6) is 0 Å². The van der Waals surface area contributed by atoms with Gasteiger partial charge in [0.25, 0.3) is 5.91 Å². The summed E-state index contributed by atoms with van der Waals surface area (Å²) in [5.74, 6) is -1.45. The number of sulfonamides is 1. The molecule has 2 aromatic carbocycles. The number of aromatic nitrogens is 1. The Bertz CT molecular complexity index is 1220. The first-order valence-corrected chi connectivity index (χ1v) is 11.3. The molecule has 0 aliphatic rings. The third-order valence-corrected chi connectivity index (χ3v) is 6.03. The van der Waals surface area contributed by atoms with Crippen molar-refractivity contribution in [3.05, 3.63) is 63.4 Å². The normalized spacial score (nSPS) is 11.2. The van der Waals surface area contributed by atoms with Crippen molar-refractivity contribution in [2.24, 2.45) is 5.14 Å². The Morgan fingerprint density at radius 3 is 2.67 bits per heavy atom. The monoisotopic (exact) mass is 465 g/mol. The van der Waals surface area contributed by atoms with E-state index in [1.807, 2.05) is 18.4 Å². The van der Waals surface area contributed by atoms with E-state index < -0.39 is 33.4 Å². The average Bonchev–Trinajstić information content (AvgIpc) is 3.12. The zero-order valence-electron chi connectivity index (χ0n) is 15.6. The van der Waals surface area contributed by atoms with Gasteiger partial charge in [0.1, 0.15) is 4.90 Å². The first-order valence-electron chi connectivity index (χ1n) is 8.45. The van der Waals surface area contributed by atoms with Crippen molar-refractivity contribution in [1.29, 1.82) is 0 Å². The highest BCUT2D eigenvalue weighted by molar-refractivity contribution is 7.89. The zero-order chi connectivity index (χ0) is 21.9. The third kappa shape index (κ3) is 5.42. The smallest absolute Gasteiger partial charge is 0.338 e. The number of nitrogens with two attached hydrogens (primary N) is 1. The van der Waals surface area contributed by atoms with Crippen LogP contribution in [0.15, 0.2) is 52.7 Å². The molecule has 0 aliphatic heterocycles. The van der Waals surface area contributed by atoms with Crippen LogP contribution >= 0.6 is 22.9 Å². The molecule has 8 nitrogen and oxygen atoms in total. The molecule has 30 heavy (non-hydrogen) atoms. The molecule has 0 atom stereocenters. The van der Waals surface area contributed by atoms with E-state index in [1.165, 1.54) is 23.5 Å². The molecule has 3 aromatic rings. The van der Waals surface area contributed by atoms with Gasteiger partial charge in [-0.25, -0.2) is 23.3 Å². The summed E-state index contributed by atoms with van der Waals surface area (Å²) in [5, 5.41) is 10.4. The van der Waals surface area contributed by atoms with Gasteiger partial charge in [0.15, 0.2) is 6.61 Å². The Hall–Kier alpha value is -2.79. The second-order valence-corrected chi connectivity index (χ2v) is 9.15. The van der Waals surface area contributed by atoms with Gasteiger partial charge >= 0.3 is 5.97 Å². The maximum atomic E-state index is 12.1. The molecule has 156 valence electrons. The van der Waals surface area contributed by atoms with Crippen LogP contribution in [0.2, 0.25) is 5.02 Å². The molecule has 0 spiro atoms. The van der Waals surface area contributed by atoms with Gasteiger partial charge in [-0.1, -0.05) is 23.7 Å². The maximum Gasteiger partial charge on any atom is 0.338 e.